The van der Waals surface area contributed by atoms with E-state index in [2.05, 4.69) is 41.5 Å². The third-order valence-electron chi connectivity index (χ3n) is 7.86. The van der Waals surface area contributed by atoms with Gasteiger partial charge in [0.25, 0.3) is 0 Å². The molecule has 3 heterocycles. The Hall–Kier alpha value is 0.434. The van der Waals surface area contributed by atoms with E-state index in [0.717, 1.165) is 0 Å². The van der Waals surface area contributed by atoms with Crippen molar-refractivity contribution in [2.24, 2.45) is 0 Å². The van der Waals surface area contributed by atoms with Crippen molar-refractivity contribution in [1.29, 1.82) is 0 Å². The molecule has 2 bridgehead atoms. The SMILES string of the molecule is CC(C)(C)[Si]12CCCC[Si](C(C)(C)C)(CCCC1)CCCC2. The highest BCUT2D eigenvalue weighted by Gasteiger charge is 2.47. The molecule has 22 heavy (non-hydrogen) atoms. The van der Waals surface area contributed by atoms with Gasteiger partial charge in [-0.1, -0.05) is 116 Å². The van der Waals surface area contributed by atoms with Gasteiger partial charge in [-0.15, -0.1) is 0 Å². The van der Waals surface area contributed by atoms with Crippen LogP contribution in [0.5, 0.6) is 0 Å². The van der Waals surface area contributed by atoms with Crippen LogP contribution < -0.4 is 0 Å². The van der Waals surface area contributed by atoms with Crippen molar-refractivity contribution in [3.63, 3.8) is 0 Å². The molecule has 0 aliphatic carbocycles. The summed E-state index contributed by atoms with van der Waals surface area (Å²) in [5.41, 5.74) is 0. The van der Waals surface area contributed by atoms with Crippen LogP contribution in [0.3, 0.4) is 0 Å². The lowest BCUT2D eigenvalue weighted by molar-refractivity contribution is 0.613. The quantitative estimate of drug-likeness (QED) is 0.394. The van der Waals surface area contributed by atoms with E-state index in [0.29, 0.717) is 10.1 Å². The second kappa shape index (κ2) is 6.74. The predicted molar refractivity (Wildman–Crippen MR) is 107 cm³/mol. The van der Waals surface area contributed by atoms with Crippen LogP contribution in [0.2, 0.25) is 46.3 Å². The minimum absolute atomic E-state index is 0.629. The molecule has 3 aliphatic heterocycles. The van der Waals surface area contributed by atoms with Crippen molar-refractivity contribution in [3.05, 3.63) is 0 Å². The van der Waals surface area contributed by atoms with E-state index in [1.54, 1.807) is 74.8 Å². The first kappa shape index (κ1) is 18.8. The molecule has 0 aromatic rings. The average Bonchev–Trinajstić information content (AvgIpc) is 2.41. The molecule has 0 N–H and O–H groups in total. The van der Waals surface area contributed by atoms with Crippen LogP contribution in [-0.4, -0.2) is 16.1 Å². The van der Waals surface area contributed by atoms with Gasteiger partial charge in [0.2, 0.25) is 0 Å². The lowest BCUT2D eigenvalue weighted by atomic mass is 10.2. The summed E-state index contributed by atoms with van der Waals surface area (Å²) in [6.07, 6.45) is 9.38. The molecule has 0 atom stereocenters. The zero-order chi connectivity index (χ0) is 16.5. The van der Waals surface area contributed by atoms with Gasteiger partial charge in [0.05, 0.1) is 16.1 Å². The largest absolute Gasteiger partial charge is 0.0626 e. The highest BCUT2D eigenvalue weighted by Crippen LogP contribution is 2.53. The Morgan fingerprint density at radius 2 is 0.591 bits per heavy atom. The molecule has 0 aromatic carbocycles. The van der Waals surface area contributed by atoms with E-state index in [-0.39, 0.29) is 0 Å². The van der Waals surface area contributed by atoms with Gasteiger partial charge in [-0.2, -0.15) is 0 Å². The van der Waals surface area contributed by atoms with Gasteiger partial charge < -0.3 is 0 Å². The van der Waals surface area contributed by atoms with Crippen LogP contribution in [0.25, 0.3) is 0 Å². The molecule has 130 valence electrons. The van der Waals surface area contributed by atoms with Crippen LogP contribution in [0.4, 0.5) is 0 Å². The molecular weight excluding hydrogens is 296 g/mol. The van der Waals surface area contributed by atoms with Gasteiger partial charge in [0, 0.05) is 0 Å². The lowest BCUT2D eigenvalue weighted by Gasteiger charge is -2.49. The number of hydrogen-bond donors (Lipinski definition) is 0. The molecule has 0 aromatic heterocycles. The van der Waals surface area contributed by atoms with Crippen molar-refractivity contribution in [2.45, 2.75) is 126 Å². The molecule has 0 radical (unpaired) electrons. The summed E-state index contributed by atoms with van der Waals surface area (Å²) in [5, 5.41) is 1.26. The van der Waals surface area contributed by atoms with E-state index < -0.39 is 16.1 Å². The number of hydrogen-bond acceptors (Lipinski definition) is 0. The normalized spacial score (nSPS) is 35.7. The molecule has 0 unspecified atom stereocenters. The van der Waals surface area contributed by atoms with Crippen LogP contribution in [-0.2, 0) is 0 Å². The summed E-state index contributed by atoms with van der Waals surface area (Å²) in [7, 11) is -2.15. The lowest BCUT2D eigenvalue weighted by Crippen LogP contribution is -2.47. The Morgan fingerprint density at radius 1 is 0.409 bits per heavy atom. The Morgan fingerprint density at radius 3 is 0.727 bits per heavy atom. The molecule has 0 amide bonds. The van der Waals surface area contributed by atoms with Crippen LogP contribution >= 0.6 is 0 Å². The summed E-state index contributed by atoms with van der Waals surface area (Å²) in [6, 6.07) is 9.86. The zero-order valence-corrected chi connectivity index (χ0v) is 18.5. The summed E-state index contributed by atoms with van der Waals surface area (Å²) in [4.78, 5) is 0. The smallest absolute Gasteiger partial charge is 0.0589 e. The minimum Gasteiger partial charge on any atom is -0.0626 e. The average molecular weight is 339 g/mol. The fraction of sp³-hybridized carbons (Fsp3) is 1.00. The Bertz CT molecular complexity index is 289. The first-order valence-electron chi connectivity index (χ1n) is 10.1. The van der Waals surface area contributed by atoms with E-state index in [1.165, 1.54) is 0 Å². The van der Waals surface area contributed by atoms with E-state index in [4.69, 9.17) is 0 Å². The molecule has 0 spiro atoms. The maximum atomic E-state index is 2.59. The summed E-state index contributed by atoms with van der Waals surface area (Å²) in [5.74, 6) is 0. The maximum absolute atomic E-state index is 2.59. The fourth-order valence-corrected chi connectivity index (χ4v) is 17.3. The first-order chi connectivity index (χ1) is 10.1. The van der Waals surface area contributed by atoms with Gasteiger partial charge in [0.15, 0.2) is 0 Å². The number of fused-ring (bicyclic) bond motifs is 9. The predicted octanol–water partition coefficient (Wildman–Crippen LogP) is 7.85. The third-order valence-corrected chi connectivity index (χ3v) is 22.1. The maximum Gasteiger partial charge on any atom is 0.0589 e. The van der Waals surface area contributed by atoms with Gasteiger partial charge in [-0.3, -0.25) is 0 Å². The summed E-state index contributed by atoms with van der Waals surface area (Å²) < 4.78 is 0. The van der Waals surface area contributed by atoms with E-state index >= 15 is 0 Å². The van der Waals surface area contributed by atoms with Crippen molar-refractivity contribution in [1.82, 2.24) is 0 Å². The fourth-order valence-electron chi connectivity index (χ4n) is 5.78. The molecule has 3 fully saturated rings. The number of rotatable bonds is 0. The Kier molecular flexibility index (Phi) is 5.75. The zero-order valence-electron chi connectivity index (χ0n) is 16.5. The van der Waals surface area contributed by atoms with Crippen LogP contribution in [0.1, 0.15) is 80.1 Å². The molecule has 0 saturated carbocycles. The Labute approximate surface area is 142 Å². The van der Waals surface area contributed by atoms with E-state index in [1.807, 2.05) is 0 Å². The highest BCUT2D eigenvalue weighted by molar-refractivity contribution is 6.83. The van der Waals surface area contributed by atoms with Crippen molar-refractivity contribution in [2.75, 3.05) is 0 Å². The minimum atomic E-state index is -1.07. The van der Waals surface area contributed by atoms with Crippen molar-refractivity contribution >= 4 is 16.1 Å². The molecule has 3 aliphatic rings. The van der Waals surface area contributed by atoms with E-state index in [9.17, 15) is 0 Å². The molecule has 3 rings (SSSR count). The topological polar surface area (TPSA) is 0 Å². The molecule has 2 heteroatoms. The Balaban J connectivity index is 2.28. The standard InChI is InChI=1S/C20H42Si2/c1-19(2,3)21-13-7-10-16-22(20(4,5)6,17-11-8-14-21)18-12-9-15-21/h7-18H2,1-6H3. The van der Waals surface area contributed by atoms with Crippen LogP contribution in [0.15, 0.2) is 0 Å². The monoisotopic (exact) mass is 338 g/mol. The van der Waals surface area contributed by atoms with Crippen molar-refractivity contribution < 1.29 is 0 Å². The molecule has 0 nitrogen and oxygen atoms in total. The second-order valence-corrected chi connectivity index (χ2v) is 21.8. The van der Waals surface area contributed by atoms with Crippen LogP contribution in [0, 0.1) is 0 Å². The summed E-state index contributed by atoms with van der Waals surface area (Å²) >= 11 is 0. The van der Waals surface area contributed by atoms with Gasteiger partial charge in [0.1, 0.15) is 0 Å². The van der Waals surface area contributed by atoms with Crippen molar-refractivity contribution in [3.8, 4) is 0 Å². The second-order valence-electron chi connectivity index (χ2n) is 10.7. The molecule has 3 saturated heterocycles. The van der Waals surface area contributed by atoms with Gasteiger partial charge in [-0.25, -0.2) is 0 Å². The van der Waals surface area contributed by atoms with Gasteiger partial charge >= 0.3 is 0 Å². The first-order valence-corrected chi connectivity index (χ1v) is 15.4. The van der Waals surface area contributed by atoms with Gasteiger partial charge in [-0.05, 0) is 10.1 Å². The highest BCUT2D eigenvalue weighted by atomic mass is 28.3. The molecular formula is C20H42Si2. The summed E-state index contributed by atoms with van der Waals surface area (Å²) in [6.45, 7) is 15.5. The third kappa shape index (κ3) is 3.74.